The summed E-state index contributed by atoms with van der Waals surface area (Å²) in [6.45, 7) is 1.08. The lowest BCUT2D eigenvalue weighted by Crippen LogP contribution is -2.55. The van der Waals surface area contributed by atoms with Gasteiger partial charge < -0.3 is 31.7 Å². The quantitative estimate of drug-likeness (QED) is 0.215. The molecule has 0 radical (unpaired) electrons. The Morgan fingerprint density at radius 1 is 0.667 bits per heavy atom. The number of nitrogens with one attached hydrogen (secondary N) is 2. The topological polar surface area (TPSA) is 179 Å². The molecule has 0 bridgehead atoms. The number of hydrogen-bond donors (Lipinski definition) is 6. The molecule has 0 aromatic heterocycles. The Balaban J connectivity index is 0.00000124. The maximum atomic E-state index is 13.1. The molecule has 0 aliphatic rings. The molecule has 39 heavy (non-hydrogen) atoms. The zero-order valence-corrected chi connectivity index (χ0v) is 21.5. The van der Waals surface area contributed by atoms with Crippen LogP contribution in [-0.2, 0) is 38.4 Å². The van der Waals surface area contributed by atoms with E-state index in [-0.39, 0.29) is 25.0 Å². The lowest BCUT2D eigenvalue weighted by atomic mass is 10.0. The molecule has 0 saturated carbocycles. The molecule has 0 fully saturated rings. The third-order valence-electron chi connectivity index (χ3n) is 5.54. The van der Waals surface area contributed by atoms with Crippen LogP contribution in [0.5, 0.6) is 5.75 Å². The number of carbonyl (C=O) groups excluding carboxylic acids is 2. The Morgan fingerprint density at radius 2 is 1.08 bits per heavy atom. The molecule has 10 nitrogen and oxygen atoms in total. The molecule has 0 heterocycles. The van der Waals surface area contributed by atoms with Crippen LogP contribution in [0.3, 0.4) is 0 Å². The van der Waals surface area contributed by atoms with Gasteiger partial charge in [0.2, 0.25) is 11.8 Å². The minimum atomic E-state index is -1.17. The average molecular weight is 536 g/mol. The largest absolute Gasteiger partial charge is 0.508 e. The van der Waals surface area contributed by atoms with Crippen molar-refractivity contribution >= 4 is 23.8 Å². The van der Waals surface area contributed by atoms with Gasteiger partial charge in [-0.3, -0.25) is 14.4 Å². The summed E-state index contributed by atoms with van der Waals surface area (Å²) in [5, 5.41) is 31.8. The lowest BCUT2D eigenvalue weighted by molar-refractivity contribution is -0.142. The number of amides is 2. The lowest BCUT2D eigenvalue weighted by Gasteiger charge is -2.23. The van der Waals surface area contributed by atoms with E-state index in [0.29, 0.717) is 0 Å². The fourth-order valence-corrected chi connectivity index (χ4v) is 3.64. The van der Waals surface area contributed by atoms with Crippen molar-refractivity contribution in [3.05, 3.63) is 102 Å². The number of carboxylic acids is 2. The second-order valence-electron chi connectivity index (χ2n) is 8.84. The molecule has 3 aromatic carbocycles. The molecule has 0 spiro atoms. The van der Waals surface area contributed by atoms with Crippen LogP contribution in [0.1, 0.15) is 23.6 Å². The van der Waals surface area contributed by atoms with E-state index in [0.717, 1.165) is 23.6 Å². The SMILES string of the molecule is CC(=O)O.N[C@@H](Cc1ccc(O)cc1)C(=O)N[C@@H](Cc1ccccc1)C(=O)N[C@@H](Cc1ccccc1)C(=O)O. The monoisotopic (exact) mass is 535 g/mol. The predicted octanol–water partition coefficient (Wildman–Crippen LogP) is 1.89. The smallest absolute Gasteiger partial charge is 0.326 e. The highest BCUT2D eigenvalue weighted by Crippen LogP contribution is 2.12. The maximum absolute atomic E-state index is 13.1. The van der Waals surface area contributed by atoms with E-state index in [1.165, 1.54) is 12.1 Å². The number of hydrogen-bond acceptors (Lipinski definition) is 6. The molecular weight excluding hydrogens is 502 g/mol. The van der Waals surface area contributed by atoms with Gasteiger partial charge in [0.25, 0.3) is 5.97 Å². The second kappa shape index (κ2) is 15.5. The van der Waals surface area contributed by atoms with Crippen LogP contribution in [0.15, 0.2) is 84.9 Å². The summed E-state index contributed by atoms with van der Waals surface area (Å²) in [6.07, 6.45) is 0.480. The first-order chi connectivity index (χ1) is 18.5. The third kappa shape index (κ3) is 11.5. The molecule has 3 rings (SSSR count). The van der Waals surface area contributed by atoms with Crippen LogP contribution in [0.4, 0.5) is 0 Å². The van der Waals surface area contributed by atoms with Gasteiger partial charge in [-0.25, -0.2) is 4.79 Å². The van der Waals surface area contributed by atoms with E-state index < -0.39 is 41.9 Å². The summed E-state index contributed by atoms with van der Waals surface area (Å²) in [5.41, 5.74) is 8.40. The number of rotatable bonds is 11. The Hall–Kier alpha value is -4.70. The van der Waals surface area contributed by atoms with E-state index in [4.69, 9.17) is 15.6 Å². The molecule has 0 aliphatic carbocycles. The highest BCUT2D eigenvalue weighted by atomic mass is 16.4. The first-order valence-electron chi connectivity index (χ1n) is 12.2. The highest BCUT2D eigenvalue weighted by molar-refractivity contribution is 5.92. The highest BCUT2D eigenvalue weighted by Gasteiger charge is 2.28. The first kappa shape index (κ1) is 30.5. The molecule has 2 amide bonds. The third-order valence-corrected chi connectivity index (χ3v) is 5.54. The molecule has 3 aromatic rings. The van der Waals surface area contributed by atoms with Gasteiger partial charge in [0.15, 0.2) is 0 Å². The molecule has 0 aliphatic heterocycles. The van der Waals surface area contributed by atoms with Crippen LogP contribution < -0.4 is 16.4 Å². The zero-order valence-electron chi connectivity index (χ0n) is 21.5. The number of nitrogens with two attached hydrogens (primary N) is 1. The van der Waals surface area contributed by atoms with Gasteiger partial charge in [0.05, 0.1) is 6.04 Å². The number of phenolic OH excluding ortho intramolecular Hbond substituents is 1. The van der Waals surface area contributed by atoms with E-state index in [1.54, 1.807) is 36.4 Å². The van der Waals surface area contributed by atoms with E-state index in [9.17, 15) is 24.6 Å². The molecule has 7 N–H and O–H groups in total. The van der Waals surface area contributed by atoms with E-state index >= 15 is 0 Å². The fourth-order valence-electron chi connectivity index (χ4n) is 3.64. The maximum Gasteiger partial charge on any atom is 0.326 e. The van der Waals surface area contributed by atoms with Crippen LogP contribution in [0.25, 0.3) is 0 Å². The summed E-state index contributed by atoms with van der Waals surface area (Å²) in [6, 6.07) is 21.3. The van der Waals surface area contributed by atoms with E-state index in [1.807, 2.05) is 36.4 Å². The Labute approximate surface area is 226 Å². The van der Waals surface area contributed by atoms with E-state index in [2.05, 4.69) is 10.6 Å². The summed E-state index contributed by atoms with van der Waals surface area (Å²) >= 11 is 0. The van der Waals surface area contributed by atoms with Gasteiger partial charge in [0.1, 0.15) is 17.8 Å². The van der Waals surface area contributed by atoms with Crippen molar-refractivity contribution in [1.29, 1.82) is 0 Å². The van der Waals surface area contributed by atoms with Crippen molar-refractivity contribution in [3.63, 3.8) is 0 Å². The van der Waals surface area contributed by atoms with Crippen molar-refractivity contribution in [2.75, 3.05) is 0 Å². The van der Waals surface area contributed by atoms with Crippen LogP contribution >= 0.6 is 0 Å². The van der Waals surface area contributed by atoms with Gasteiger partial charge in [-0.05, 0) is 35.2 Å². The average Bonchev–Trinajstić information content (AvgIpc) is 2.90. The summed E-state index contributed by atoms with van der Waals surface area (Å²) < 4.78 is 0. The summed E-state index contributed by atoms with van der Waals surface area (Å²) in [5.74, 6) is -3.04. The first-order valence-corrected chi connectivity index (χ1v) is 12.2. The second-order valence-corrected chi connectivity index (χ2v) is 8.84. The van der Waals surface area contributed by atoms with Crippen molar-refractivity contribution in [2.45, 2.75) is 44.3 Å². The van der Waals surface area contributed by atoms with Crippen molar-refractivity contribution in [2.24, 2.45) is 5.73 Å². The number of phenols is 1. The van der Waals surface area contributed by atoms with Crippen molar-refractivity contribution in [3.8, 4) is 5.75 Å². The van der Waals surface area contributed by atoms with Crippen molar-refractivity contribution < 1.29 is 34.5 Å². The molecular formula is C29H33N3O7. The molecule has 206 valence electrons. The summed E-state index contributed by atoms with van der Waals surface area (Å²) in [7, 11) is 0. The fraction of sp³-hybridized carbons (Fsp3) is 0.241. The molecule has 10 heteroatoms. The Bertz CT molecular complexity index is 1210. The Kier molecular flexibility index (Phi) is 12.2. The molecule has 0 unspecified atom stereocenters. The Morgan fingerprint density at radius 3 is 1.54 bits per heavy atom. The zero-order chi connectivity index (χ0) is 28.8. The van der Waals surface area contributed by atoms with Gasteiger partial charge in [-0.15, -0.1) is 0 Å². The predicted molar refractivity (Wildman–Crippen MR) is 145 cm³/mol. The number of carboxylic acid groups (broad SMARTS) is 2. The summed E-state index contributed by atoms with van der Waals surface area (Å²) in [4.78, 5) is 46.8. The minimum Gasteiger partial charge on any atom is -0.508 e. The normalized spacial score (nSPS) is 12.6. The van der Waals surface area contributed by atoms with Gasteiger partial charge in [0, 0.05) is 19.8 Å². The number of aliphatic carboxylic acids is 2. The molecule has 0 saturated heterocycles. The number of carbonyl (C=O) groups is 4. The van der Waals surface area contributed by atoms with Crippen LogP contribution in [0.2, 0.25) is 0 Å². The standard InChI is InChI=1S/C27H29N3O5.C2H4O2/c28-22(15-20-11-13-21(31)14-12-20)25(32)29-23(16-18-7-3-1-4-8-18)26(33)30-24(27(34)35)17-19-9-5-2-6-10-19;1-2(3)4/h1-14,22-24,31H,15-17,28H2,(H,29,32)(H,30,33)(H,34,35);1H3,(H,3,4)/t22-,23-,24-;/m0./s1. The van der Waals surface area contributed by atoms with Gasteiger partial charge >= 0.3 is 5.97 Å². The number of aromatic hydroxyl groups is 1. The molecule has 3 atom stereocenters. The van der Waals surface area contributed by atoms with Crippen molar-refractivity contribution in [1.82, 2.24) is 10.6 Å². The van der Waals surface area contributed by atoms with Gasteiger partial charge in [-0.1, -0.05) is 72.8 Å². The minimum absolute atomic E-state index is 0.105. The van der Waals surface area contributed by atoms with Crippen LogP contribution in [0, 0.1) is 0 Å². The van der Waals surface area contributed by atoms with Gasteiger partial charge in [-0.2, -0.15) is 0 Å². The van der Waals surface area contributed by atoms with Crippen LogP contribution in [-0.4, -0.2) is 57.2 Å². The number of benzene rings is 3.